The molecule has 2 fully saturated rings. The number of hydrogen-bond donors (Lipinski definition) is 0. The molecular weight excluding hydrogens is 250 g/mol. The number of nitrogens with zero attached hydrogens (tertiary/aromatic N) is 2. The first kappa shape index (κ1) is 15.1. The van der Waals surface area contributed by atoms with E-state index in [0.717, 1.165) is 45.6 Å². The third-order valence-corrected chi connectivity index (χ3v) is 4.11. The zero-order valence-corrected chi connectivity index (χ0v) is 12.0. The van der Waals surface area contributed by atoms with Crippen LogP contribution in [0.4, 0.5) is 8.78 Å². The lowest BCUT2D eigenvalue weighted by atomic mass is 9.95. The van der Waals surface area contributed by atoms with E-state index in [1.165, 1.54) is 0 Å². The summed E-state index contributed by atoms with van der Waals surface area (Å²) in [5.41, 5.74) is 0. The molecule has 0 aliphatic carbocycles. The average molecular weight is 276 g/mol. The number of hydrogen-bond acceptors (Lipinski definition) is 3. The topological polar surface area (TPSA) is 15.7 Å². The number of rotatable bonds is 4. The van der Waals surface area contributed by atoms with Gasteiger partial charge in [0.2, 0.25) is 0 Å². The van der Waals surface area contributed by atoms with Crippen LogP contribution in [0, 0.1) is 5.92 Å². The van der Waals surface area contributed by atoms with Gasteiger partial charge in [0.15, 0.2) is 0 Å². The standard InChI is InChI=1S/C14H26F2N2O/c1-11-7-18(8-12(2)19-11)9-13-3-5-17(6-4-13)10-14(15)16/h11-14H,3-10H2,1-2H3. The van der Waals surface area contributed by atoms with Crippen LogP contribution in [0.1, 0.15) is 26.7 Å². The maximum atomic E-state index is 12.3. The van der Waals surface area contributed by atoms with Crippen molar-refractivity contribution in [2.45, 2.75) is 45.3 Å². The minimum atomic E-state index is -2.20. The zero-order chi connectivity index (χ0) is 13.8. The molecule has 2 rings (SSSR count). The van der Waals surface area contributed by atoms with Crippen molar-refractivity contribution in [3.05, 3.63) is 0 Å². The van der Waals surface area contributed by atoms with Crippen LogP contribution in [0.25, 0.3) is 0 Å². The molecule has 0 N–H and O–H groups in total. The Morgan fingerprint density at radius 1 is 1.05 bits per heavy atom. The molecule has 2 unspecified atom stereocenters. The quantitative estimate of drug-likeness (QED) is 0.782. The predicted octanol–water partition coefficient (Wildman–Crippen LogP) is 2.07. The van der Waals surface area contributed by atoms with Crippen LogP contribution in [0.2, 0.25) is 0 Å². The summed E-state index contributed by atoms with van der Waals surface area (Å²) in [6, 6.07) is 0. The molecule has 2 aliphatic heterocycles. The summed E-state index contributed by atoms with van der Waals surface area (Å²) in [6.45, 7) is 8.93. The van der Waals surface area contributed by atoms with E-state index in [0.29, 0.717) is 18.1 Å². The zero-order valence-electron chi connectivity index (χ0n) is 12.0. The summed E-state index contributed by atoms with van der Waals surface area (Å²) in [4.78, 5) is 4.37. The van der Waals surface area contributed by atoms with Gasteiger partial charge in [-0.05, 0) is 45.7 Å². The summed E-state index contributed by atoms with van der Waals surface area (Å²) in [5.74, 6) is 0.659. The molecule has 2 heterocycles. The van der Waals surface area contributed by atoms with E-state index < -0.39 is 6.43 Å². The normalized spacial score (nSPS) is 32.1. The monoisotopic (exact) mass is 276 g/mol. The van der Waals surface area contributed by atoms with E-state index >= 15 is 0 Å². The van der Waals surface area contributed by atoms with Crippen molar-refractivity contribution < 1.29 is 13.5 Å². The number of piperidine rings is 1. The number of ether oxygens (including phenoxy) is 1. The molecule has 0 spiro atoms. The predicted molar refractivity (Wildman–Crippen MR) is 71.6 cm³/mol. The molecule has 0 saturated carbocycles. The van der Waals surface area contributed by atoms with Gasteiger partial charge in [-0.3, -0.25) is 9.80 Å². The molecule has 0 amide bonds. The van der Waals surface area contributed by atoms with Crippen LogP contribution in [0.3, 0.4) is 0 Å². The maximum Gasteiger partial charge on any atom is 0.251 e. The van der Waals surface area contributed by atoms with Crippen molar-refractivity contribution in [3.63, 3.8) is 0 Å². The molecule has 0 aromatic rings. The second kappa shape index (κ2) is 6.95. The Labute approximate surface area is 114 Å². The fourth-order valence-electron chi connectivity index (χ4n) is 3.35. The van der Waals surface area contributed by atoms with Crippen molar-refractivity contribution in [2.24, 2.45) is 5.92 Å². The fourth-order valence-corrected chi connectivity index (χ4v) is 3.35. The van der Waals surface area contributed by atoms with Crippen molar-refractivity contribution in [1.29, 1.82) is 0 Å². The van der Waals surface area contributed by atoms with Crippen molar-refractivity contribution in [2.75, 3.05) is 39.3 Å². The number of halogens is 2. The molecule has 3 nitrogen and oxygen atoms in total. The van der Waals surface area contributed by atoms with Crippen molar-refractivity contribution in [1.82, 2.24) is 9.80 Å². The number of likely N-dealkylation sites (tertiary alicyclic amines) is 1. The summed E-state index contributed by atoms with van der Waals surface area (Å²) in [7, 11) is 0. The molecule has 2 atom stereocenters. The van der Waals surface area contributed by atoms with Crippen LogP contribution in [-0.4, -0.2) is 67.7 Å². The first-order chi connectivity index (χ1) is 9.02. The second-order valence-electron chi connectivity index (χ2n) is 6.11. The van der Waals surface area contributed by atoms with E-state index in [2.05, 4.69) is 18.7 Å². The first-order valence-corrected chi connectivity index (χ1v) is 7.41. The third-order valence-electron chi connectivity index (χ3n) is 4.11. The Morgan fingerprint density at radius 2 is 1.63 bits per heavy atom. The van der Waals surface area contributed by atoms with E-state index in [1.807, 2.05) is 4.90 Å². The third kappa shape index (κ3) is 4.97. The Bertz CT molecular complexity index is 260. The van der Waals surface area contributed by atoms with Gasteiger partial charge in [0.25, 0.3) is 6.43 Å². The highest BCUT2D eigenvalue weighted by atomic mass is 19.3. The Morgan fingerprint density at radius 3 is 2.16 bits per heavy atom. The van der Waals surface area contributed by atoms with Gasteiger partial charge in [0.1, 0.15) is 0 Å². The SMILES string of the molecule is CC1CN(CC2CCN(CC(F)F)CC2)CC(C)O1. The number of morpholine rings is 1. The van der Waals surface area contributed by atoms with Gasteiger partial charge < -0.3 is 4.74 Å². The van der Waals surface area contributed by atoms with Gasteiger partial charge in [-0.25, -0.2) is 8.78 Å². The highest BCUT2D eigenvalue weighted by Crippen LogP contribution is 2.21. The van der Waals surface area contributed by atoms with Crippen LogP contribution >= 0.6 is 0 Å². The van der Waals surface area contributed by atoms with E-state index in [9.17, 15) is 8.78 Å². The van der Waals surface area contributed by atoms with E-state index in [1.54, 1.807) is 0 Å². The van der Waals surface area contributed by atoms with Gasteiger partial charge in [-0.15, -0.1) is 0 Å². The summed E-state index contributed by atoms with van der Waals surface area (Å²) < 4.78 is 30.4. The van der Waals surface area contributed by atoms with Gasteiger partial charge >= 0.3 is 0 Å². The first-order valence-electron chi connectivity index (χ1n) is 7.41. The second-order valence-corrected chi connectivity index (χ2v) is 6.11. The van der Waals surface area contributed by atoms with E-state index in [4.69, 9.17) is 4.74 Å². The smallest absolute Gasteiger partial charge is 0.251 e. The lowest BCUT2D eigenvalue weighted by molar-refractivity contribution is -0.0735. The van der Waals surface area contributed by atoms with Crippen molar-refractivity contribution >= 4 is 0 Å². The summed E-state index contributed by atoms with van der Waals surface area (Å²) >= 11 is 0. The summed E-state index contributed by atoms with van der Waals surface area (Å²) in [5, 5.41) is 0. The highest BCUT2D eigenvalue weighted by Gasteiger charge is 2.27. The van der Waals surface area contributed by atoms with Gasteiger partial charge in [0, 0.05) is 19.6 Å². The largest absolute Gasteiger partial charge is 0.373 e. The molecule has 0 aromatic heterocycles. The molecule has 2 aliphatic rings. The Hall–Kier alpha value is -0.260. The van der Waals surface area contributed by atoms with Crippen molar-refractivity contribution in [3.8, 4) is 0 Å². The molecule has 19 heavy (non-hydrogen) atoms. The minimum Gasteiger partial charge on any atom is -0.373 e. The van der Waals surface area contributed by atoms with Crippen LogP contribution in [-0.2, 0) is 4.74 Å². The van der Waals surface area contributed by atoms with Gasteiger partial charge in [0.05, 0.1) is 18.8 Å². The van der Waals surface area contributed by atoms with Crippen LogP contribution in [0.5, 0.6) is 0 Å². The lowest BCUT2D eigenvalue weighted by Crippen LogP contribution is -2.48. The van der Waals surface area contributed by atoms with E-state index in [-0.39, 0.29) is 6.54 Å². The Balaban J connectivity index is 1.70. The Kier molecular flexibility index (Phi) is 5.54. The molecule has 5 heteroatoms. The fraction of sp³-hybridized carbons (Fsp3) is 1.00. The van der Waals surface area contributed by atoms with Gasteiger partial charge in [-0.1, -0.05) is 0 Å². The average Bonchev–Trinajstić information content (AvgIpc) is 2.29. The molecule has 0 radical (unpaired) electrons. The molecular formula is C14H26F2N2O. The molecule has 0 bridgehead atoms. The minimum absolute atomic E-state index is 0.0572. The number of alkyl halides is 2. The maximum absolute atomic E-state index is 12.3. The van der Waals surface area contributed by atoms with Gasteiger partial charge in [-0.2, -0.15) is 0 Å². The summed E-state index contributed by atoms with van der Waals surface area (Å²) in [6.07, 6.45) is 0.516. The molecule has 112 valence electrons. The highest BCUT2D eigenvalue weighted by molar-refractivity contribution is 4.79. The van der Waals surface area contributed by atoms with Crippen LogP contribution in [0.15, 0.2) is 0 Å². The molecule has 2 saturated heterocycles. The van der Waals surface area contributed by atoms with Crippen LogP contribution < -0.4 is 0 Å². The molecule has 0 aromatic carbocycles. The lowest BCUT2D eigenvalue weighted by Gasteiger charge is -2.39.